The van der Waals surface area contributed by atoms with Crippen molar-refractivity contribution in [3.05, 3.63) is 36.5 Å². The lowest BCUT2D eigenvalue weighted by Crippen LogP contribution is -1.78. The van der Waals surface area contributed by atoms with Crippen LogP contribution >= 0.6 is 0 Å². The zero-order valence-electron chi connectivity index (χ0n) is 6.26. The molecule has 54 valence electrons. The molecule has 0 saturated heterocycles. The molecule has 0 radical (unpaired) electrons. The van der Waals surface area contributed by atoms with Crippen LogP contribution in [-0.2, 0) is 4.79 Å². The monoisotopic (exact) mass is 136 g/mol. The van der Waals surface area contributed by atoms with Crippen LogP contribution in [0, 0.1) is 0 Å². The molecule has 0 spiro atoms. The molecular formula is C9H12O. The van der Waals surface area contributed by atoms with E-state index in [1.54, 1.807) is 0 Å². The molecule has 0 unspecified atom stereocenters. The third-order valence-corrected chi connectivity index (χ3v) is 1.06. The maximum absolute atomic E-state index is 10.2. The van der Waals surface area contributed by atoms with Crippen LogP contribution in [0.1, 0.15) is 13.3 Å². The molecule has 0 aliphatic carbocycles. The minimum atomic E-state index is 0.628. The number of carbonyl (C=O) groups is 1. The first-order valence-electron chi connectivity index (χ1n) is 3.13. The van der Waals surface area contributed by atoms with Gasteiger partial charge in [-0.1, -0.05) is 30.9 Å². The average molecular weight is 136 g/mol. The van der Waals surface area contributed by atoms with Crippen LogP contribution in [-0.4, -0.2) is 6.29 Å². The minimum absolute atomic E-state index is 0.628. The Morgan fingerprint density at radius 2 is 2.20 bits per heavy atom. The van der Waals surface area contributed by atoms with E-state index in [0.29, 0.717) is 5.57 Å². The SMILES string of the molecule is C=C/C(C=O)=C\CC(=C)C. The van der Waals surface area contributed by atoms with Crippen LogP contribution in [0.3, 0.4) is 0 Å². The second kappa shape index (κ2) is 4.74. The van der Waals surface area contributed by atoms with Gasteiger partial charge in [-0.2, -0.15) is 0 Å². The summed E-state index contributed by atoms with van der Waals surface area (Å²) in [5.41, 5.74) is 1.67. The average Bonchev–Trinajstić information content (AvgIpc) is 1.90. The molecule has 0 heterocycles. The molecule has 10 heavy (non-hydrogen) atoms. The zero-order chi connectivity index (χ0) is 7.98. The number of carbonyl (C=O) groups excluding carboxylic acids is 1. The lowest BCUT2D eigenvalue weighted by molar-refractivity contribution is -0.104. The van der Waals surface area contributed by atoms with Gasteiger partial charge in [0.2, 0.25) is 0 Å². The summed E-state index contributed by atoms with van der Waals surface area (Å²) in [6.07, 6.45) is 4.88. The Kier molecular flexibility index (Phi) is 4.21. The van der Waals surface area contributed by atoms with E-state index >= 15 is 0 Å². The molecule has 0 aromatic carbocycles. The molecule has 0 bridgehead atoms. The summed E-state index contributed by atoms with van der Waals surface area (Å²) >= 11 is 0. The minimum Gasteiger partial charge on any atom is -0.298 e. The summed E-state index contributed by atoms with van der Waals surface area (Å²) < 4.78 is 0. The first-order chi connectivity index (χ1) is 4.70. The number of rotatable bonds is 4. The fourth-order valence-electron chi connectivity index (χ4n) is 0.472. The molecule has 1 heteroatoms. The van der Waals surface area contributed by atoms with E-state index in [9.17, 15) is 4.79 Å². The van der Waals surface area contributed by atoms with Crippen molar-refractivity contribution in [1.29, 1.82) is 0 Å². The van der Waals surface area contributed by atoms with E-state index < -0.39 is 0 Å². The normalized spacial score (nSPS) is 10.7. The predicted molar refractivity (Wildman–Crippen MR) is 43.8 cm³/mol. The highest BCUT2D eigenvalue weighted by Gasteiger charge is 1.85. The second-order valence-electron chi connectivity index (χ2n) is 2.19. The molecule has 0 aromatic heterocycles. The van der Waals surface area contributed by atoms with E-state index in [4.69, 9.17) is 0 Å². The van der Waals surface area contributed by atoms with Crippen molar-refractivity contribution in [3.63, 3.8) is 0 Å². The Balaban J connectivity index is 3.98. The summed E-state index contributed by atoms with van der Waals surface area (Å²) in [7, 11) is 0. The molecule has 0 N–H and O–H groups in total. The van der Waals surface area contributed by atoms with Crippen LogP contribution in [0.4, 0.5) is 0 Å². The van der Waals surface area contributed by atoms with Gasteiger partial charge in [0, 0.05) is 5.57 Å². The Labute approximate surface area is 61.8 Å². The summed E-state index contributed by atoms with van der Waals surface area (Å²) in [4.78, 5) is 10.2. The van der Waals surface area contributed by atoms with Gasteiger partial charge in [0.1, 0.15) is 6.29 Å². The van der Waals surface area contributed by atoms with E-state index in [0.717, 1.165) is 18.3 Å². The van der Waals surface area contributed by atoms with Crippen LogP contribution < -0.4 is 0 Å². The first kappa shape index (κ1) is 8.89. The topological polar surface area (TPSA) is 17.1 Å². The van der Waals surface area contributed by atoms with Crippen molar-refractivity contribution < 1.29 is 4.79 Å². The Morgan fingerprint density at radius 1 is 1.60 bits per heavy atom. The van der Waals surface area contributed by atoms with E-state index in [-0.39, 0.29) is 0 Å². The summed E-state index contributed by atoms with van der Waals surface area (Å²) in [6, 6.07) is 0. The lowest BCUT2D eigenvalue weighted by atomic mass is 10.2. The van der Waals surface area contributed by atoms with E-state index in [1.165, 1.54) is 6.08 Å². The number of allylic oxidation sites excluding steroid dienone is 4. The third kappa shape index (κ3) is 3.84. The van der Waals surface area contributed by atoms with Crippen molar-refractivity contribution in [2.75, 3.05) is 0 Å². The van der Waals surface area contributed by atoms with Gasteiger partial charge in [0.15, 0.2) is 0 Å². The molecule has 1 nitrogen and oxygen atoms in total. The highest BCUT2D eigenvalue weighted by molar-refractivity contribution is 5.77. The van der Waals surface area contributed by atoms with Gasteiger partial charge in [-0.25, -0.2) is 0 Å². The summed E-state index contributed by atoms with van der Waals surface area (Å²) in [6.45, 7) is 9.10. The molecule has 0 aliphatic heterocycles. The molecule has 0 rings (SSSR count). The van der Waals surface area contributed by atoms with Gasteiger partial charge >= 0.3 is 0 Å². The summed E-state index contributed by atoms with van der Waals surface area (Å²) in [5, 5.41) is 0. The standard InChI is InChI=1S/C9H12O/c1-4-9(7-10)6-5-8(2)3/h4,6-7H,1-2,5H2,3H3/b9-6+. The predicted octanol–water partition coefficient (Wildman–Crippen LogP) is 2.26. The second-order valence-corrected chi connectivity index (χ2v) is 2.19. The Morgan fingerprint density at radius 3 is 2.50 bits per heavy atom. The smallest absolute Gasteiger partial charge is 0.149 e. The molecule has 0 amide bonds. The Hall–Kier alpha value is -1.11. The van der Waals surface area contributed by atoms with Gasteiger partial charge in [-0.15, -0.1) is 0 Å². The largest absolute Gasteiger partial charge is 0.298 e. The lowest BCUT2D eigenvalue weighted by Gasteiger charge is -1.90. The zero-order valence-corrected chi connectivity index (χ0v) is 6.26. The fourth-order valence-corrected chi connectivity index (χ4v) is 0.472. The van der Waals surface area contributed by atoms with E-state index in [1.807, 2.05) is 13.0 Å². The van der Waals surface area contributed by atoms with Crippen molar-refractivity contribution >= 4 is 6.29 Å². The molecule has 0 aromatic rings. The first-order valence-corrected chi connectivity index (χ1v) is 3.13. The number of hydrogen-bond acceptors (Lipinski definition) is 1. The van der Waals surface area contributed by atoms with Crippen molar-refractivity contribution in [2.24, 2.45) is 0 Å². The van der Waals surface area contributed by atoms with Crippen LogP contribution in [0.5, 0.6) is 0 Å². The summed E-state index contributed by atoms with van der Waals surface area (Å²) in [5.74, 6) is 0. The Bertz CT molecular complexity index is 165. The van der Waals surface area contributed by atoms with E-state index in [2.05, 4.69) is 13.2 Å². The molecule has 0 aliphatic rings. The van der Waals surface area contributed by atoms with Gasteiger partial charge in [-0.05, 0) is 13.3 Å². The van der Waals surface area contributed by atoms with Crippen molar-refractivity contribution in [1.82, 2.24) is 0 Å². The highest BCUT2D eigenvalue weighted by Crippen LogP contribution is 2.00. The van der Waals surface area contributed by atoms with Crippen LogP contribution in [0.15, 0.2) is 36.5 Å². The maximum atomic E-state index is 10.2. The molecule has 0 atom stereocenters. The molecule has 0 fully saturated rings. The third-order valence-electron chi connectivity index (χ3n) is 1.06. The fraction of sp³-hybridized carbons (Fsp3) is 0.222. The van der Waals surface area contributed by atoms with Crippen molar-refractivity contribution in [3.8, 4) is 0 Å². The van der Waals surface area contributed by atoms with Gasteiger partial charge in [0.05, 0.1) is 0 Å². The molecule has 0 saturated carbocycles. The number of hydrogen-bond donors (Lipinski definition) is 0. The van der Waals surface area contributed by atoms with Gasteiger partial charge in [-0.3, -0.25) is 4.79 Å². The highest BCUT2D eigenvalue weighted by atomic mass is 16.1. The molecular weight excluding hydrogens is 124 g/mol. The van der Waals surface area contributed by atoms with Gasteiger partial charge < -0.3 is 0 Å². The van der Waals surface area contributed by atoms with Gasteiger partial charge in [0.25, 0.3) is 0 Å². The van der Waals surface area contributed by atoms with Crippen LogP contribution in [0.25, 0.3) is 0 Å². The quantitative estimate of drug-likeness (QED) is 0.251. The van der Waals surface area contributed by atoms with Crippen LogP contribution in [0.2, 0.25) is 0 Å². The maximum Gasteiger partial charge on any atom is 0.149 e. The number of aldehydes is 1. The van der Waals surface area contributed by atoms with Crippen molar-refractivity contribution in [2.45, 2.75) is 13.3 Å².